The molecular weight excluding hydrogens is 362 g/mol. The minimum Gasteiger partial charge on any atom is -0.349 e. The summed E-state index contributed by atoms with van der Waals surface area (Å²) in [5, 5.41) is 3.39. The lowest BCUT2D eigenvalue weighted by molar-refractivity contribution is 1.43. The lowest BCUT2D eigenvalue weighted by Gasteiger charge is -2.12. The minimum atomic E-state index is 0.921. The number of nitrogens with one attached hydrogen (secondary N) is 1. The zero-order valence-electron chi connectivity index (χ0n) is 16.8. The Morgan fingerprint density at radius 3 is 1.90 bits per heavy atom. The SMILES string of the molecule is CC1=C=C=C(Nc2ccc(C=C3c4ccccc4C=Cc4ccccc43)cc2)C=C1. The molecule has 0 aromatic heterocycles. The van der Waals surface area contributed by atoms with Crippen LogP contribution in [0.5, 0.6) is 0 Å². The average molecular weight is 383 g/mol. The van der Waals surface area contributed by atoms with Crippen LogP contribution in [0.25, 0.3) is 23.8 Å². The first-order valence-electron chi connectivity index (χ1n) is 10.1. The van der Waals surface area contributed by atoms with Crippen molar-refractivity contribution in [3.05, 3.63) is 135 Å². The first kappa shape index (κ1) is 18.0. The van der Waals surface area contributed by atoms with Gasteiger partial charge in [-0.2, -0.15) is 0 Å². The molecule has 0 atom stereocenters. The molecule has 5 rings (SSSR count). The molecule has 0 amide bonds. The maximum Gasteiger partial charge on any atom is 0.0901 e. The Balaban J connectivity index is 1.53. The highest BCUT2D eigenvalue weighted by Crippen LogP contribution is 2.35. The van der Waals surface area contributed by atoms with Gasteiger partial charge in [0.2, 0.25) is 0 Å². The van der Waals surface area contributed by atoms with E-state index in [9.17, 15) is 0 Å². The van der Waals surface area contributed by atoms with E-state index in [0.717, 1.165) is 17.0 Å². The third-order valence-corrected chi connectivity index (χ3v) is 5.34. The Labute approximate surface area is 177 Å². The monoisotopic (exact) mass is 383 g/mol. The van der Waals surface area contributed by atoms with Crippen LogP contribution in [0.3, 0.4) is 0 Å². The molecule has 3 aromatic rings. The fourth-order valence-corrected chi connectivity index (χ4v) is 3.77. The molecule has 142 valence electrons. The summed E-state index contributed by atoms with van der Waals surface area (Å²) in [6.45, 7) is 2.02. The number of hydrogen-bond donors (Lipinski definition) is 1. The minimum absolute atomic E-state index is 0.921. The molecule has 1 nitrogen and oxygen atoms in total. The molecular formula is C29H21N. The van der Waals surface area contributed by atoms with Crippen molar-refractivity contribution in [3.8, 4) is 0 Å². The van der Waals surface area contributed by atoms with Crippen molar-refractivity contribution < 1.29 is 0 Å². The lowest BCUT2D eigenvalue weighted by atomic mass is 9.92. The lowest BCUT2D eigenvalue weighted by Crippen LogP contribution is -1.96. The molecule has 0 saturated heterocycles. The molecule has 0 fully saturated rings. The largest absolute Gasteiger partial charge is 0.349 e. The van der Waals surface area contributed by atoms with Crippen molar-refractivity contribution in [3.63, 3.8) is 0 Å². The van der Waals surface area contributed by atoms with Crippen LogP contribution in [0.2, 0.25) is 0 Å². The summed E-state index contributed by atoms with van der Waals surface area (Å²) in [6.07, 6.45) is 10.7. The molecule has 2 aliphatic rings. The number of allylic oxidation sites excluding steroid dienone is 3. The van der Waals surface area contributed by atoms with E-state index in [-0.39, 0.29) is 0 Å². The summed E-state index contributed by atoms with van der Waals surface area (Å²) < 4.78 is 0. The molecule has 1 heteroatoms. The van der Waals surface area contributed by atoms with Gasteiger partial charge < -0.3 is 5.32 Å². The Kier molecular flexibility index (Phi) is 4.68. The maximum absolute atomic E-state index is 3.39. The fraction of sp³-hybridized carbons (Fsp3) is 0.0345. The maximum atomic E-state index is 3.39. The second kappa shape index (κ2) is 7.78. The highest BCUT2D eigenvalue weighted by molar-refractivity contribution is 6.00. The fourth-order valence-electron chi connectivity index (χ4n) is 3.77. The smallest absolute Gasteiger partial charge is 0.0901 e. The van der Waals surface area contributed by atoms with E-state index in [4.69, 9.17) is 0 Å². The Morgan fingerprint density at radius 1 is 0.667 bits per heavy atom. The molecule has 0 bridgehead atoms. The zero-order valence-corrected chi connectivity index (χ0v) is 16.8. The van der Waals surface area contributed by atoms with Gasteiger partial charge in [-0.05, 0) is 82.0 Å². The van der Waals surface area contributed by atoms with Crippen molar-refractivity contribution in [1.29, 1.82) is 0 Å². The topological polar surface area (TPSA) is 12.0 Å². The van der Waals surface area contributed by atoms with Gasteiger partial charge in [-0.1, -0.05) is 78.5 Å². The van der Waals surface area contributed by atoms with Crippen LogP contribution in [0, 0.1) is 0 Å². The molecule has 0 heterocycles. The molecule has 0 aliphatic heterocycles. The number of rotatable bonds is 3. The molecule has 0 radical (unpaired) electrons. The number of benzene rings is 3. The van der Waals surface area contributed by atoms with Gasteiger partial charge in [0.05, 0.1) is 5.70 Å². The quantitative estimate of drug-likeness (QED) is 0.365. The Morgan fingerprint density at radius 2 is 1.30 bits per heavy atom. The van der Waals surface area contributed by atoms with Crippen molar-refractivity contribution in [2.45, 2.75) is 6.92 Å². The summed E-state index contributed by atoms with van der Waals surface area (Å²) in [5.74, 6) is 0. The number of fused-ring (bicyclic) bond motifs is 2. The normalized spacial score (nSPS) is 13.7. The molecule has 2 aliphatic carbocycles. The molecule has 0 unspecified atom stereocenters. The first-order chi connectivity index (χ1) is 14.8. The van der Waals surface area contributed by atoms with Gasteiger partial charge in [-0.25, -0.2) is 0 Å². The predicted molar refractivity (Wildman–Crippen MR) is 128 cm³/mol. The second-order valence-corrected chi connectivity index (χ2v) is 7.49. The van der Waals surface area contributed by atoms with E-state index < -0.39 is 0 Å². The number of hydrogen-bond acceptors (Lipinski definition) is 1. The highest BCUT2D eigenvalue weighted by atomic mass is 14.9. The van der Waals surface area contributed by atoms with Gasteiger partial charge in [0.15, 0.2) is 0 Å². The van der Waals surface area contributed by atoms with Crippen LogP contribution in [0.15, 0.2) is 108 Å². The Bertz CT molecular complexity index is 1270. The van der Waals surface area contributed by atoms with E-state index >= 15 is 0 Å². The summed E-state index contributed by atoms with van der Waals surface area (Å²) in [7, 11) is 0. The van der Waals surface area contributed by atoms with Crippen LogP contribution in [-0.2, 0) is 0 Å². The van der Waals surface area contributed by atoms with Crippen LogP contribution >= 0.6 is 0 Å². The van der Waals surface area contributed by atoms with E-state index in [0.29, 0.717) is 0 Å². The summed E-state index contributed by atoms with van der Waals surface area (Å²) in [4.78, 5) is 0. The number of anilines is 1. The molecule has 1 N–H and O–H groups in total. The highest BCUT2D eigenvalue weighted by Gasteiger charge is 2.14. The Hall–Kier alpha value is -4.02. The van der Waals surface area contributed by atoms with Crippen LogP contribution in [-0.4, -0.2) is 0 Å². The molecule has 3 aromatic carbocycles. The van der Waals surface area contributed by atoms with Crippen molar-refractivity contribution in [1.82, 2.24) is 0 Å². The van der Waals surface area contributed by atoms with Gasteiger partial charge in [0.1, 0.15) is 0 Å². The third kappa shape index (κ3) is 3.64. The van der Waals surface area contributed by atoms with Gasteiger partial charge in [-0.15, -0.1) is 0 Å². The van der Waals surface area contributed by atoms with E-state index in [2.05, 4.69) is 108 Å². The first-order valence-corrected chi connectivity index (χ1v) is 10.1. The van der Waals surface area contributed by atoms with Gasteiger partial charge in [0, 0.05) is 5.69 Å². The van der Waals surface area contributed by atoms with E-state index in [1.54, 1.807) is 0 Å². The van der Waals surface area contributed by atoms with Crippen molar-refractivity contribution >= 4 is 29.5 Å². The van der Waals surface area contributed by atoms with Crippen LogP contribution in [0.4, 0.5) is 5.69 Å². The average Bonchev–Trinajstić information content (AvgIpc) is 2.94. The zero-order chi connectivity index (χ0) is 20.3. The predicted octanol–water partition coefficient (Wildman–Crippen LogP) is 7.33. The van der Waals surface area contributed by atoms with Gasteiger partial charge in [-0.3, -0.25) is 0 Å². The van der Waals surface area contributed by atoms with Gasteiger partial charge >= 0.3 is 0 Å². The van der Waals surface area contributed by atoms with E-state index in [1.165, 1.54) is 33.4 Å². The van der Waals surface area contributed by atoms with Crippen LogP contribution < -0.4 is 5.32 Å². The molecule has 0 saturated carbocycles. The second-order valence-electron chi connectivity index (χ2n) is 7.49. The van der Waals surface area contributed by atoms with Crippen molar-refractivity contribution in [2.75, 3.05) is 5.32 Å². The summed E-state index contributed by atoms with van der Waals surface area (Å²) in [6, 6.07) is 25.7. The summed E-state index contributed by atoms with van der Waals surface area (Å²) >= 11 is 0. The van der Waals surface area contributed by atoms with Crippen LogP contribution in [0.1, 0.15) is 34.7 Å². The standard InChI is InChI=1S/C29H21N/c1-21-10-16-25(17-11-21)30-26-18-12-22(13-19-26)20-29-27-8-4-2-6-23(27)14-15-24-7-3-5-9-28(24)29/h2-10,12-16,18-20,30H,1H3. The van der Waals surface area contributed by atoms with Gasteiger partial charge in [0.25, 0.3) is 0 Å². The third-order valence-electron chi connectivity index (χ3n) is 5.34. The van der Waals surface area contributed by atoms with E-state index in [1.807, 2.05) is 19.1 Å². The summed E-state index contributed by atoms with van der Waals surface area (Å²) in [5.41, 5.74) is 16.7. The molecule has 30 heavy (non-hydrogen) atoms. The van der Waals surface area contributed by atoms with Crippen molar-refractivity contribution in [2.24, 2.45) is 0 Å². The molecule has 0 spiro atoms.